The molecule has 13 aromatic carbocycles. The molecular weight excluding hydrogens is 1140 g/mol. The summed E-state index contributed by atoms with van der Waals surface area (Å²) in [6, 6.07) is 112. The normalized spacial score (nSPS) is 13.1. The number of rotatable bonds is 9. The SMILES string of the molecule is c1ccc(N(c2ccccc2)c2cc3c4c(c2)N(c2ccccc2)c2ccccc2B4c2cc4c(c(-c5ccc6oc7ccccc7c6c5)c2S3)[Se]c2cc(N(c3ccccc3)c3ccccc3)cc3c2B4c2ccccc2N3c2ccccc2)cc1. The van der Waals surface area contributed by atoms with Gasteiger partial charge in [-0.15, -0.1) is 0 Å². The van der Waals surface area contributed by atoms with Gasteiger partial charge in [-0.05, 0) is 0 Å². The van der Waals surface area contributed by atoms with Gasteiger partial charge in [0.2, 0.25) is 0 Å². The van der Waals surface area contributed by atoms with E-state index in [0.717, 1.165) is 67.4 Å². The molecule has 0 fully saturated rings. The summed E-state index contributed by atoms with van der Waals surface area (Å²) < 4.78 is 9.44. The Morgan fingerprint density at radius 1 is 0.345 bits per heavy atom. The van der Waals surface area contributed by atoms with Crippen molar-refractivity contribution in [2.45, 2.75) is 9.79 Å². The Morgan fingerprint density at radius 3 is 1.37 bits per heavy atom. The van der Waals surface area contributed by atoms with Gasteiger partial charge in [-0.25, -0.2) is 0 Å². The molecule has 4 aliphatic rings. The first-order valence-corrected chi connectivity index (χ1v) is 32.2. The first kappa shape index (κ1) is 50.2. The van der Waals surface area contributed by atoms with Crippen LogP contribution in [0.3, 0.4) is 0 Å². The van der Waals surface area contributed by atoms with E-state index < -0.39 is 0 Å². The second-order valence-electron chi connectivity index (χ2n) is 22.7. The van der Waals surface area contributed by atoms with Gasteiger partial charge in [0.25, 0.3) is 0 Å². The van der Waals surface area contributed by atoms with Gasteiger partial charge in [0.15, 0.2) is 0 Å². The zero-order chi connectivity index (χ0) is 57.1. The Morgan fingerprint density at radius 2 is 0.805 bits per heavy atom. The molecule has 87 heavy (non-hydrogen) atoms. The maximum atomic E-state index is 6.64. The molecule has 18 rings (SSSR count). The summed E-state index contributed by atoms with van der Waals surface area (Å²) in [5, 5.41) is 2.25. The molecular formula is C78H50B2N4OSSe. The monoisotopic (exact) mass is 1190 g/mol. The molecule has 0 spiro atoms. The minimum absolute atomic E-state index is 0.0755. The summed E-state index contributed by atoms with van der Waals surface area (Å²) in [6.45, 7) is -0.171. The molecule has 0 N–H and O–H groups in total. The Kier molecular flexibility index (Phi) is 11.7. The average molecular weight is 1190 g/mol. The summed E-state index contributed by atoms with van der Waals surface area (Å²) in [7, 11) is 0. The van der Waals surface area contributed by atoms with Crippen LogP contribution in [0.4, 0.5) is 68.2 Å². The third-order valence-corrected chi connectivity index (χ3v) is 21.6. The molecule has 9 heteroatoms. The van der Waals surface area contributed by atoms with Gasteiger partial charge in [0.1, 0.15) is 0 Å². The van der Waals surface area contributed by atoms with Crippen molar-refractivity contribution in [3.8, 4) is 11.1 Å². The van der Waals surface area contributed by atoms with Crippen LogP contribution >= 0.6 is 11.8 Å². The quantitative estimate of drug-likeness (QED) is 0.134. The topological polar surface area (TPSA) is 26.1 Å². The molecule has 1 aromatic heterocycles. The number of hydrogen-bond donors (Lipinski definition) is 0. The molecule has 0 atom stereocenters. The second kappa shape index (κ2) is 20.3. The molecule has 5 heterocycles. The van der Waals surface area contributed by atoms with Crippen LogP contribution in [0.2, 0.25) is 0 Å². The molecule has 5 nitrogen and oxygen atoms in total. The van der Waals surface area contributed by atoms with Crippen LogP contribution in [0.25, 0.3) is 33.1 Å². The van der Waals surface area contributed by atoms with Crippen LogP contribution in [0, 0.1) is 0 Å². The van der Waals surface area contributed by atoms with Crippen molar-refractivity contribution in [2.24, 2.45) is 0 Å². The molecule has 0 radical (unpaired) electrons. The zero-order valence-corrected chi connectivity index (χ0v) is 49.6. The van der Waals surface area contributed by atoms with Crippen LogP contribution < -0.4 is 61.3 Å². The zero-order valence-electron chi connectivity index (χ0n) is 47.0. The summed E-state index contributed by atoms with van der Waals surface area (Å²) in [4.78, 5) is 12.5. The van der Waals surface area contributed by atoms with Crippen molar-refractivity contribution in [2.75, 3.05) is 19.6 Å². The number of hydrogen-bond acceptors (Lipinski definition) is 6. The fourth-order valence-electron chi connectivity index (χ4n) is 14.3. The molecule has 406 valence electrons. The van der Waals surface area contributed by atoms with Crippen LogP contribution in [0.5, 0.6) is 0 Å². The molecule has 0 bridgehead atoms. The van der Waals surface area contributed by atoms with Crippen LogP contribution in [-0.2, 0) is 0 Å². The van der Waals surface area contributed by atoms with Crippen molar-refractivity contribution in [3.63, 3.8) is 0 Å². The fraction of sp³-hybridized carbons (Fsp3) is 0. The van der Waals surface area contributed by atoms with Crippen molar-refractivity contribution < 1.29 is 4.42 Å². The van der Waals surface area contributed by atoms with E-state index in [1.165, 1.54) is 85.4 Å². The predicted octanol–water partition coefficient (Wildman–Crippen LogP) is 15.2. The van der Waals surface area contributed by atoms with Gasteiger partial charge < -0.3 is 0 Å². The molecule has 0 saturated heterocycles. The first-order valence-electron chi connectivity index (χ1n) is 29.7. The molecule has 0 unspecified atom stereocenters. The molecule has 0 aliphatic carbocycles. The Bertz CT molecular complexity index is 4700. The van der Waals surface area contributed by atoms with Crippen molar-refractivity contribution in [3.05, 3.63) is 303 Å². The third-order valence-electron chi connectivity index (χ3n) is 17.9. The Balaban J connectivity index is 0.951. The third kappa shape index (κ3) is 7.97. The van der Waals surface area contributed by atoms with E-state index in [-0.39, 0.29) is 28.4 Å². The predicted molar refractivity (Wildman–Crippen MR) is 369 cm³/mol. The van der Waals surface area contributed by atoms with Gasteiger partial charge in [-0.2, -0.15) is 0 Å². The average Bonchev–Trinajstić information content (AvgIpc) is 1.04. The maximum absolute atomic E-state index is 6.64. The summed E-state index contributed by atoms with van der Waals surface area (Å²) in [5.41, 5.74) is 26.0. The summed E-state index contributed by atoms with van der Waals surface area (Å²) >= 11 is 1.76. The van der Waals surface area contributed by atoms with Gasteiger partial charge in [0.05, 0.1) is 0 Å². The Labute approximate surface area is 516 Å². The van der Waals surface area contributed by atoms with Crippen LogP contribution in [0.1, 0.15) is 0 Å². The van der Waals surface area contributed by atoms with E-state index in [1.807, 2.05) is 11.8 Å². The number of benzene rings is 13. The molecule has 4 aliphatic heterocycles. The van der Waals surface area contributed by atoms with E-state index in [9.17, 15) is 0 Å². The molecule has 0 saturated carbocycles. The van der Waals surface area contributed by atoms with E-state index in [4.69, 9.17) is 4.42 Å². The molecule has 14 aromatic rings. The van der Waals surface area contributed by atoms with Crippen molar-refractivity contribution in [1.82, 2.24) is 0 Å². The van der Waals surface area contributed by atoms with Crippen molar-refractivity contribution >= 4 is 172 Å². The van der Waals surface area contributed by atoms with E-state index in [2.05, 4.69) is 323 Å². The second-order valence-corrected chi connectivity index (χ2v) is 26.0. The van der Waals surface area contributed by atoms with Crippen LogP contribution in [0.15, 0.2) is 318 Å². The van der Waals surface area contributed by atoms with E-state index in [0.29, 0.717) is 0 Å². The number of fused-ring (bicyclic) bond motifs is 11. The van der Waals surface area contributed by atoms with Crippen molar-refractivity contribution in [1.29, 1.82) is 0 Å². The summed E-state index contributed by atoms with van der Waals surface area (Å²) in [6.07, 6.45) is 0. The number of para-hydroxylation sites is 9. The van der Waals surface area contributed by atoms with Gasteiger partial charge in [0, 0.05) is 0 Å². The van der Waals surface area contributed by atoms with E-state index in [1.54, 1.807) is 0 Å². The Hall–Kier alpha value is -10.1. The minimum atomic E-state index is -0.197. The standard InChI is InChI=1S/C78H50B2N4OSSe/c1-7-25-52(26-8-1)81(53-27-9-2-10-28-53)58-46-68-75-72(48-58)86-77-64(79(75)62-38-20-22-40-66(62)83(68)56-33-15-5-16-34-56)50-65-78(74(77)51-43-44-71-61(45-51)60-37-19-24-42-70(60)85-71)87-73-49-59(82(54-29-11-3-12-30-54)55-31-13-4-14-32-55)47-69-76(73)80(65)63-39-21-23-41-67(63)84(69)57-35-17-6-18-36-57/h1-50H. The van der Waals surface area contributed by atoms with Crippen LogP contribution in [-0.4, -0.2) is 28.4 Å². The number of furan rings is 1. The van der Waals surface area contributed by atoms with Gasteiger partial charge >= 0.3 is 520 Å². The summed E-state index contributed by atoms with van der Waals surface area (Å²) in [5.74, 6) is 0. The van der Waals surface area contributed by atoms with E-state index >= 15 is 0 Å². The van der Waals surface area contributed by atoms with Gasteiger partial charge in [-0.1, -0.05) is 0 Å². The number of nitrogens with zero attached hydrogens (tertiary/aromatic N) is 4. The molecule has 0 amide bonds. The van der Waals surface area contributed by atoms with Gasteiger partial charge in [-0.3, -0.25) is 0 Å². The number of anilines is 12. The fourth-order valence-corrected chi connectivity index (χ4v) is 18.6. The first-order chi connectivity index (χ1) is 43.2.